The summed E-state index contributed by atoms with van der Waals surface area (Å²) in [6.07, 6.45) is -0.0879. The van der Waals surface area contributed by atoms with Crippen LogP contribution in [0.2, 0.25) is 5.02 Å². The minimum atomic E-state index is -3.79. The smallest absolute Gasteiger partial charge is 0.274 e. The molecule has 1 amide bonds. The van der Waals surface area contributed by atoms with Crippen LogP contribution in [-0.2, 0) is 28.3 Å². The number of halogens is 1. The molecule has 0 saturated heterocycles. The Kier molecular flexibility index (Phi) is 6.78. The molecular weight excluding hydrogens is 440 g/mol. The van der Waals surface area contributed by atoms with Gasteiger partial charge in [-0.05, 0) is 24.3 Å². The molecule has 164 valence electrons. The van der Waals surface area contributed by atoms with Crippen molar-refractivity contribution in [2.45, 2.75) is 25.2 Å². The molecule has 2 aromatic carbocycles. The van der Waals surface area contributed by atoms with Crippen molar-refractivity contribution in [3.05, 3.63) is 63.5 Å². The van der Waals surface area contributed by atoms with E-state index in [1.165, 1.54) is 34.2 Å². The van der Waals surface area contributed by atoms with Gasteiger partial charge in [-0.25, -0.2) is 13.1 Å². The number of amides is 1. The highest BCUT2D eigenvalue weighted by Gasteiger charge is 2.25. The van der Waals surface area contributed by atoms with Crippen LogP contribution in [0, 0.1) is 0 Å². The molecular formula is C21H23ClN4O4S. The number of carbonyl (C=O) groups excluding carboxylic acids is 1. The molecule has 10 heteroatoms. The Hall–Kier alpha value is -2.75. The van der Waals surface area contributed by atoms with Gasteiger partial charge in [-0.2, -0.15) is 9.40 Å². The number of hydrogen-bond donors (Lipinski definition) is 1. The van der Waals surface area contributed by atoms with Gasteiger partial charge < -0.3 is 5.32 Å². The quantitative estimate of drug-likeness (QED) is 0.581. The molecule has 1 aromatic heterocycles. The zero-order valence-electron chi connectivity index (χ0n) is 17.4. The number of fused-ring (bicyclic) bond motifs is 1. The van der Waals surface area contributed by atoms with Crippen LogP contribution in [0.5, 0.6) is 0 Å². The van der Waals surface area contributed by atoms with Crippen LogP contribution >= 0.6 is 11.6 Å². The molecule has 0 atom stereocenters. The van der Waals surface area contributed by atoms with E-state index in [9.17, 15) is 18.0 Å². The fourth-order valence-electron chi connectivity index (χ4n) is 3.35. The number of anilines is 1. The lowest BCUT2D eigenvalue weighted by molar-refractivity contribution is -0.115. The topological polar surface area (TPSA) is 101 Å². The first kappa shape index (κ1) is 22.9. The van der Waals surface area contributed by atoms with Crippen LogP contribution in [0.3, 0.4) is 0 Å². The van der Waals surface area contributed by atoms with Gasteiger partial charge in [0.1, 0.15) is 4.90 Å². The van der Waals surface area contributed by atoms with Gasteiger partial charge in [0, 0.05) is 31.2 Å². The van der Waals surface area contributed by atoms with E-state index in [-0.39, 0.29) is 21.9 Å². The number of nitrogens with zero attached hydrogens (tertiary/aromatic N) is 3. The molecule has 3 rings (SSSR count). The molecule has 0 saturated carbocycles. The molecule has 3 aromatic rings. The molecule has 0 spiro atoms. The predicted octanol–water partition coefficient (Wildman–Crippen LogP) is 2.80. The van der Waals surface area contributed by atoms with Crippen molar-refractivity contribution in [1.29, 1.82) is 0 Å². The molecule has 0 radical (unpaired) electrons. The van der Waals surface area contributed by atoms with Gasteiger partial charge in [-0.15, -0.1) is 0 Å². The van der Waals surface area contributed by atoms with Crippen molar-refractivity contribution in [2.75, 3.05) is 18.4 Å². The normalized spacial score (nSPS) is 11.8. The van der Waals surface area contributed by atoms with Crippen molar-refractivity contribution >= 4 is 44.0 Å². The number of sulfonamides is 1. The summed E-state index contributed by atoms with van der Waals surface area (Å²) >= 11 is 6.14. The molecule has 0 fully saturated rings. The van der Waals surface area contributed by atoms with Crippen LogP contribution in [0.4, 0.5) is 5.69 Å². The Morgan fingerprint density at radius 1 is 1.13 bits per heavy atom. The van der Waals surface area contributed by atoms with Gasteiger partial charge >= 0.3 is 0 Å². The standard InChI is InChI=1S/C21H23ClN4O4S/c1-4-26(5-2)31(29,30)19-12-14(10-11-17(19)22)23-20(27)13-18-15-8-6-7-9-16(15)21(28)25(3)24-18/h6-12H,4-5,13H2,1-3H3,(H,23,27). The first-order valence-electron chi connectivity index (χ1n) is 9.73. The predicted molar refractivity (Wildman–Crippen MR) is 121 cm³/mol. The largest absolute Gasteiger partial charge is 0.326 e. The Morgan fingerprint density at radius 3 is 2.42 bits per heavy atom. The van der Waals surface area contributed by atoms with E-state index in [0.717, 1.165) is 0 Å². The fourth-order valence-corrected chi connectivity index (χ4v) is 5.30. The van der Waals surface area contributed by atoms with Gasteiger partial charge in [0.25, 0.3) is 5.56 Å². The van der Waals surface area contributed by atoms with Crippen LogP contribution in [-0.4, -0.2) is 41.5 Å². The monoisotopic (exact) mass is 462 g/mol. The highest BCUT2D eigenvalue weighted by molar-refractivity contribution is 7.89. The molecule has 1 heterocycles. The Morgan fingerprint density at radius 2 is 1.77 bits per heavy atom. The third-order valence-electron chi connectivity index (χ3n) is 4.90. The van der Waals surface area contributed by atoms with Gasteiger partial charge in [-0.1, -0.05) is 43.6 Å². The van der Waals surface area contributed by atoms with E-state index in [1.807, 2.05) is 0 Å². The number of aromatic nitrogens is 2. The highest BCUT2D eigenvalue weighted by Crippen LogP contribution is 2.28. The Bertz CT molecular complexity index is 1300. The van der Waals surface area contributed by atoms with Gasteiger partial charge in [0.2, 0.25) is 15.9 Å². The second-order valence-electron chi connectivity index (χ2n) is 6.88. The molecule has 1 N–H and O–H groups in total. The lowest BCUT2D eigenvalue weighted by atomic mass is 10.1. The number of benzene rings is 2. The molecule has 0 unspecified atom stereocenters. The minimum absolute atomic E-state index is 0.0682. The fraction of sp³-hybridized carbons (Fsp3) is 0.286. The highest BCUT2D eigenvalue weighted by atomic mass is 35.5. The number of rotatable bonds is 7. The van der Waals surface area contributed by atoms with Crippen molar-refractivity contribution in [2.24, 2.45) is 7.05 Å². The summed E-state index contributed by atoms with van der Waals surface area (Å²) in [4.78, 5) is 24.9. The molecule has 8 nitrogen and oxygen atoms in total. The second kappa shape index (κ2) is 9.17. The lowest BCUT2D eigenvalue weighted by Crippen LogP contribution is -2.31. The maximum absolute atomic E-state index is 12.8. The minimum Gasteiger partial charge on any atom is -0.326 e. The first-order chi connectivity index (χ1) is 14.7. The molecule has 31 heavy (non-hydrogen) atoms. The molecule has 0 aliphatic heterocycles. The average molecular weight is 463 g/mol. The van der Waals surface area contributed by atoms with Crippen molar-refractivity contribution in [3.8, 4) is 0 Å². The number of carbonyl (C=O) groups is 1. The second-order valence-corrected chi connectivity index (χ2v) is 9.19. The third kappa shape index (κ3) is 4.63. The maximum Gasteiger partial charge on any atom is 0.274 e. The summed E-state index contributed by atoms with van der Waals surface area (Å²) in [6, 6.07) is 11.3. The van der Waals surface area contributed by atoms with Gasteiger partial charge in [0.05, 0.1) is 22.5 Å². The SMILES string of the molecule is CCN(CC)S(=O)(=O)c1cc(NC(=O)Cc2nn(C)c(=O)c3ccccc23)ccc1Cl. The molecule has 0 bridgehead atoms. The van der Waals surface area contributed by atoms with Crippen LogP contribution in [0.15, 0.2) is 52.2 Å². The Balaban J connectivity index is 1.90. The van der Waals surface area contributed by atoms with Crippen molar-refractivity contribution in [3.63, 3.8) is 0 Å². The van der Waals surface area contributed by atoms with Gasteiger partial charge in [0.15, 0.2) is 0 Å². The molecule has 0 aliphatic carbocycles. The summed E-state index contributed by atoms with van der Waals surface area (Å²) < 4.78 is 28.2. The number of aryl methyl sites for hydroxylation is 1. The summed E-state index contributed by atoms with van der Waals surface area (Å²) in [6.45, 7) is 4.09. The van der Waals surface area contributed by atoms with Gasteiger partial charge in [-0.3, -0.25) is 9.59 Å². The van der Waals surface area contributed by atoms with E-state index in [2.05, 4.69) is 10.4 Å². The van der Waals surface area contributed by atoms with E-state index >= 15 is 0 Å². The third-order valence-corrected chi connectivity index (χ3v) is 7.43. The number of hydrogen-bond acceptors (Lipinski definition) is 5. The van der Waals surface area contributed by atoms with E-state index in [0.29, 0.717) is 35.2 Å². The van der Waals surface area contributed by atoms with E-state index in [1.54, 1.807) is 38.1 Å². The summed E-state index contributed by atoms with van der Waals surface area (Å²) in [5.41, 5.74) is 0.498. The summed E-state index contributed by atoms with van der Waals surface area (Å²) in [7, 11) is -2.26. The van der Waals surface area contributed by atoms with Crippen LogP contribution in [0.1, 0.15) is 19.5 Å². The molecule has 0 aliphatic rings. The maximum atomic E-state index is 12.8. The van der Waals surface area contributed by atoms with Crippen LogP contribution < -0.4 is 10.9 Å². The summed E-state index contributed by atoms with van der Waals surface area (Å²) in [5.74, 6) is -0.398. The summed E-state index contributed by atoms with van der Waals surface area (Å²) in [5, 5.41) is 8.07. The zero-order chi connectivity index (χ0) is 22.8. The van der Waals surface area contributed by atoms with E-state index in [4.69, 9.17) is 11.6 Å². The van der Waals surface area contributed by atoms with Crippen molar-refractivity contribution < 1.29 is 13.2 Å². The Labute approximate surface area is 185 Å². The van der Waals surface area contributed by atoms with E-state index < -0.39 is 15.9 Å². The lowest BCUT2D eigenvalue weighted by Gasteiger charge is -2.19. The zero-order valence-corrected chi connectivity index (χ0v) is 19.0. The first-order valence-corrected chi connectivity index (χ1v) is 11.5. The van der Waals surface area contributed by atoms with Crippen LogP contribution in [0.25, 0.3) is 10.8 Å². The number of nitrogens with one attached hydrogen (secondary N) is 1. The average Bonchev–Trinajstić information content (AvgIpc) is 2.73. The van der Waals surface area contributed by atoms with Crippen molar-refractivity contribution in [1.82, 2.24) is 14.1 Å².